The quantitative estimate of drug-likeness (QED) is 0.912. The summed E-state index contributed by atoms with van der Waals surface area (Å²) in [6.45, 7) is 1.40. The van der Waals surface area contributed by atoms with Crippen LogP contribution in [0.3, 0.4) is 0 Å². The molecule has 0 fully saturated rings. The van der Waals surface area contributed by atoms with E-state index in [1.165, 1.54) is 6.07 Å². The Labute approximate surface area is 123 Å². The van der Waals surface area contributed by atoms with E-state index >= 15 is 0 Å². The van der Waals surface area contributed by atoms with Gasteiger partial charge in [0.15, 0.2) is 0 Å². The summed E-state index contributed by atoms with van der Waals surface area (Å²) >= 11 is 5.95. The number of para-hydroxylation sites is 1. The first-order valence-corrected chi connectivity index (χ1v) is 7.78. The zero-order valence-electron chi connectivity index (χ0n) is 10.8. The molecule has 0 heterocycles. The summed E-state index contributed by atoms with van der Waals surface area (Å²) in [5, 5.41) is 9.62. The van der Waals surface area contributed by atoms with E-state index in [2.05, 4.69) is 4.72 Å². The van der Waals surface area contributed by atoms with Gasteiger partial charge >= 0.3 is 0 Å². The van der Waals surface area contributed by atoms with E-state index in [0.29, 0.717) is 21.8 Å². The van der Waals surface area contributed by atoms with Crippen molar-refractivity contribution in [2.75, 3.05) is 4.72 Å². The molecule has 6 heteroatoms. The summed E-state index contributed by atoms with van der Waals surface area (Å²) in [7, 11) is -3.74. The smallest absolute Gasteiger partial charge is 0.262 e. The van der Waals surface area contributed by atoms with Gasteiger partial charge in [0.1, 0.15) is 0 Å². The summed E-state index contributed by atoms with van der Waals surface area (Å²) < 4.78 is 27.3. The Morgan fingerprint density at radius 1 is 1.15 bits per heavy atom. The van der Waals surface area contributed by atoms with E-state index in [-0.39, 0.29) is 11.5 Å². The Morgan fingerprint density at radius 3 is 2.55 bits per heavy atom. The Balaban J connectivity index is 2.44. The first-order valence-electron chi connectivity index (χ1n) is 5.92. The SMILES string of the molecule is Cc1c(Cl)cccc1S(=O)(=O)Nc1ccccc1CO. The summed E-state index contributed by atoms with van der Waals surface area (Å²) in [5.74, 6) is 0. The van der Waals surface area contributed by atoms with E-state index < -0.39 is 10.0 Å². The van der Waals surface area contributed by atoms with Gasteiger partial charge in [-0.05, 0) is 30.7 Å². The fraction of sp³-hybridized carbons (Fsp3) is 0.143. The van der Waals surface area contributed by atoms with Crippen LogP contribution < -0.4 is 4.72 Å². The van der Waals surface area contributed by atoms with Crippen molar-refractivity contribution in [1.29, 1.82) is 0 Å². The molecule has 0 aliphatic carbocycles. The number of hydrogen-bond donors (Lipinski definition) is 2. The predicted molar refractivity (Wildman–Crippen MR) is 79.4 cm³/mol. The molecule has 2 aromatic rings. The van der Waals surface area contributed by atoms with Crippen molar-refractivity contribution in [3.05, 3.63) is 58.6 Å². The van der Waals surface area contributed by atoms with E-state index in [1.54, 1.807) is 43.3 Å². The lowest BCUT2D eigenvalue weighted by Crippen LogP contribution is -2.15. The van der Waals surface area contributed by atoms with Gasteiger partial charge in [-0.25, -0.2) is 8.42 Å². The maximum atomic E-state index is 12.4. The van der Waals surface area contributed by atoms with Gasteiger partial charge < -0.3 is 5.11 Å². The molecule has 0 saturated heterocycles. The van der Waals surface area contributed by atoms with Crippen LogP contribution in [0.1, 0.15) is 11.1 Å². The number of aliphatic hydroxyl groups excluding tert-OH is 1. The third-order valence-electron chi connectivity index (χ3n) is 2.94. The van der Waals surface area contributed by atoms with Crippen LogP contribution in [0.4, 0.5) is 5.69 Å². The molecule has 2 aromatic carbocycles. The number of hydrogen-bond acceptors (Lipinski definition) is 3. The normalized spacial score (nSPS) is 11.3. The molecule has 0 spiro atoms. The lowest BCUT2D eigenvalue weighted by atomic mass is 10.2. The van der Waals surface area contributed by atoms with Gasteiger partial charge in [0, 0.05) is 10.6 Å². The Bertz CT molecular complexity index is 729. The van der Waals surface area contributed by atoms with Crippen molar-refractivity contribution >= 4 is 27.3 Å². The van der Waals surface area contributed by atoms with Crippen LogP contribution in [0.25, 0.3) is 0 Å². The zero-order valence-corrected chi connectivity index (χ0v) is 12.4. The summed E-state index contributed by atoms with van der Waals surface area (Å²) in [6, 6.07) is 11.4. The Kier molecular flexibility index (Phi) is 4.32. The highest BCUT2D eigenvalue weighted by atomic mass is 35.5. The Hall–Kier alpha value is -1.56. The first kappa shape index (κ1) is 14.8. The van der Waals surface area contributed by atoms with Gasteiger partial charge in [0.2, 0.25) is 0 Å². The van der Waals surface area contributed by atoms with Crippen molar-refractivity contribution in [3.63, 3.8) is 0 Å². The van der Waals surface area contributed by atoms with Gasteiger partial charge in [-0.2, -0.15) is 0 Å². The van der Waals surface area contributed by atoms with Gasteiger partial charge in [-0.1, -0.05) is 35.9 Å². The molecule has 0 aromatic heterocycles. The number of benzene rings is 2. The predicted octanol–water partition coefficient (Wildman–Crippen LogP) is 2.94. The molecule has 0 unspecified atom stereocenters. The minimum Gasteiger partial charge on any atom is -0.392 e. The highest BCUT2D eigenvalue weighted by Gasteiger charge is 2.19. The highest BCUT2D eigenvalue weighted by molar-refractivity contribution is 7.92. The average Bonchev–Trinajstić information content (AvgIpc) is 2.42. The molecule has 2 rings (SSSR count). The molecule has 0 saturated carbocycles. The maximum Gasteiger partial charge on any atom is 0.262 e. The van der Waals surface area contributed by atoms with Crippen LogP contribution in [-0.2, 0) is 16.6 Å². The van der Waals surface area contributed by atoms with E-state index in [1.807, 2.05) is 0 Å². The zero-order chi connectivity index (χ0) is 14.8. The number of halogens is 1. The van der Waals surface area contributed by atoms with Crippen molar-refractivity contribution in [2.45, 2.75) is 18.4 Å². The van der Waals surface area contributed by atoms with E-state index in [9.17, 15) is 13.5 Å². The molecule has 0 radical (unpaired) electrons. The molecule has 106 valence electrons. The lowest BCUT2D eigenvalue weighted by Gasteiger charge is -2.13. The number of rotatable bonds is 4. The number of sulfonamides is 1. The molecular formula is C14H14ClNO3S. The first-order chi connectivity index (χ1) is 9.45. The summed E-state index contributed by atoms with van der Waals surface area (Å²) in [4.78, 5) is 0.123. The van der Waals surface area contributed by atoms with Crippen LogP contribution in [0.5, 0.6) is 0 Å². The van der Waals surface area contributed by atoms with Gasteiger partial charge in [0.25, 0.3) is 10.0 Å². The fourth-order valence-electron chi connectivity index (χ4n) is 1.84. The van der Waals surface area contributed by atoms with E-state index in [0.717, 1.165) is 0 Å². The second-order valence-electron chi connectivity index (χ2n) is 4.28. The second kappa shape index (κ2) is 5.83. The number of nitrogens with one attached hydrogen (secondary N) is 1. The maximum absolute atomic E-state index is 12.4. The van der Waals surface area contributed by atoms with Crippen molar-refractivity contribution < 1.29 is 13.5 Å². The lowest BCUT2D eigenvalue weighted by molar-refractivity contribution is 0.282. The fourth-order valence-corrected chi connectivity index (χ4v) is 3.44. The van der Waals surface area contributed by atoms with Crippen LogP contribution in [0, 0.1) is 6.92 Å². The van der Waals surface area contributed by atoms with E-state index in [4.69, 9.17) is 11.6 Å². The van der Waals surface area contributed by atoms with Crippen LogP contribution in [-0.4, -0.2) is 13.5 Å². The summed E-state index contributed by atoms with van der Waals surface area (Å²) in [5.41, 5.74) is 1.35. The minimum atomic E-state index is -3.74. The third-order valence-corrected chi connectivity index (χ3v) is 4.86. The average molecular weight is 312 g/mol. The molecular weight excluding hydrogens is 298 g/mol. The molecule has 0 aliphatic heterocycles. The van der Waals surface area contributed by atoms with Gasteiger partial charge in [-0.3, -0.25) is 4.72 Å². The van der Waals surface area contributed by atoms with Crippen LogP contribution in [0.15, 0.2) is 47.4 Å². The molecule has 0 aliphatic rings. The van der Waals surface area contributed by atoms with Gasteiger partial charge in [-0.15, -0.1) is 0 Å². The molecule has 4 nitrogen and oxygen atoms in total. The van der Waals surface area contributed by atoms with Crippen molar-refractivity contribution in [2.24, 2.45) is 0 Å². The van der Waals surface area contributed by atoms with Crippen LogP contribution >= 0.6 is 11.6 Å². The molecule has 0 atom stereocenters. The molecule has 0 amide bonds. The topological polar surface area (TPSA) is 66.4 Å². The van der Waals surface area contributed by atoms with Crippen LogP contribution in [0.2, 0.25) is 5.02 Å². The largest absolute Gasteiger partial charge is 0.392 e. The summed E-state index contributed by atoms with van der Waals surface area (Å²) in [6.07, 6.45) is 0. The van der Waals surface area contributed by atoms with Crippen molar-refractivity contribution in [3.8, 4) is 0 Å². The minimum absolute atomic E-state index is 0.123. The molecule has 0 bridgehead atoms. The standard InChI is InChI=1S/C14H14ClNO3S/c1-10-12(15)6-4-8-14(10)20(18,19)16-13-7-3-2-5-11(13)9-17/h2-8,16-17H,9H2,1H3. The second-order valence-corrected chi connectivity index (χ2v) is 6.34. The van der Waals surface area contributed by atoms with Crippen molar-refractivity contribution in [1.82, 2.24) is 0 Å². The highest BCUT2D eigenvalue weighted by Crippen LogP contribution is 2.25. The molecule has 20 heavy (non-hydrogen) atoms. The number of anilines is 1. The number of aliphatic hydroxyl groups is 1. The Morgan fingerprint density at radius 2 is 1.85 bits per heavy atom. The van der Waals surface area contributed by atoms with Gasteiger partial charge in [0.05, 0.1) is 17.2 Å². The molecule has 2 N–H and O–H groups in total. The third kappa shape index (κ3) is 2.95. The monoisotopic (exact) mass is 311 g/mol.